The second-order valence-corrected chi connectivity index (χ2v) is 4.95. The van der Waals surface area contributed by atoms with Crippen molar-refractivity contribution in [2.75, 3.05) is 19.0 Å². The molecule has 0 saturated heterocycles. The van der Waals surface area contributed by atoms with E-state index < -0.39 is 11.0 Å². The lowest BCUT2D eigenvalue weighted by Crippen LogP contribution is -2.24. The van der Waals surface area contributed by atoms with E-state index >= 15 is 0 Å². The van der Waals surface area contributed by atoms with Crippen molar-refractivity contribution in [3.8, 4) is 11.5 Å². The van der Waals surface area contributed by atoms with Crippen LogP contribution in [0.2, 0.25) is 0 Å². The van der Waals surface area contributed by atoms with Crippen LogP contribution in [0.1, 0.15) is 12.5 Å². The Labute approximate surface area is 149 Å². The molecule has 2 aromatic rings. The predicted octanol–water partition coefficient (Wildman–Crippen LogP) is 3.16. The molecule has 9 nitrogen and oxygen atoms in total. The van der Waals surface area contributed by atoms with Gasteiger partial charge in [-0.25, -0.2) is 10.2 Å². The Morgan fingerprint density at radius 2 is 2.04 bits per heavy atom. The Morgan fingerprint density at radius 3 is 2.65 bits per heavy atom. The van der Waals surface area contributed by atoms with Crippen LogP contribution in [0.3, 0.4) is 0 Å². The van der Waals surface area contributed by atoms with Gasteiger partial charge in [0.1, 0.15) is 0 Å². The summed E-state index contributed by atoms with van der Waals surface area (Å²) in [7, 11) is 1.33. The van der Waals surface area contributed by atoms with Gasteiger partial charge in [-0.2, -0.15) is 5.10 Å². The van der Waals surface area contributed by atoms with Crippen molar-refractivity contribution in [1.29, 1.82) is 0 Å². The minimum absolute atomic E-state index is 0.0313. The number of nitrogens with zero attached hydrogens (tertiary/aromatic N) is 2. The molecule has 0 saturated carbocycles. The number of para-hydroxylation sites is 1. The number of nitrogens with one attached hydrogen (secondary N) is 2. The molecule has 0 atom stereocenters. The van der Waals surface area contributed by atoms with E-state index in [-0.39, 0.29) is 17.2 Å². The standard InChI is InChI=1S/C17H18N4O5/c1-3-26-15-10-12(9-14(21(23)24)16(15)25-2)11-18-20-17(22)19-13-7-5-4-6-8-13/h4-11H,3H2,1-2H3,(H2,19,20,22)/b18-11+. The number of nitro benzene ring substituents is 1. The van der Waals surface area contributed by atoms with E-state index in [0.29, 0.717) is 17.9 Å². The van der Waals surface area contributed by atoms with Gasteiger partial charge in [-0.15, -0.1) is 0 Å². The van der Waals surface area contributed by atoms with Crippen LogP contribution in [0, 0.1) is 10.1 Å². The van der Waals surface area contributed by atoms with Gasteiger partial charge in [-0.05, 0) is 25.1 Å². The minimum Gasteiger partial charge on any atom is -0.490 e. The molecule has 0 heterocycles. The van der Waals surface area contributed by atoms with E-state index in [9.17, 15) is 14.9 Å². The quantitative estimate of drug-likeness (QED) is 0.448. The van der Waals surface area contributed by atoms with Gasteiger partial charge < -0.3 is 14.8 Å². The topological polar surface area (TPSA) is 115 Å². The van der Waals surface area contributed by atoms with Gasteiger partial charge in [-0.1, -0.05) is 18.2 Å². The lowest BCUT2D eigenvalue weighted by molar-refractivity contribution is -0.385. The molecule has 0 bridgehead atoms. The summed E-state index contributed by atoms with van der Waals surface area (Å²) < 4.78 is 10.4. The molecule has 2 rings (SSSR count). The van der Waals surface area contributed by atoms with Crippen LogP contribution in [0.25, 0.3) is 0 Å². The average Bonchev–Trinajstić information content (AvgIpc) is 2.62. The maximum atomic E-state index is 11.8. The largest absolute Gasteiger partial charge is 0.490 e. The molecule has 0 radical (unpaired) electrons. The highest BCUT2D eigenvalue weighted by molar-refractivity contribution is 5.90. The molecule has 2 aromatic carbocycles. The van der Waals surface area contributed by atoms with Crippen LogP contribution in [0.4, 0.5) is 16.2 Å². The summed E-state index contributed by atoms with van der Waals surface area (Å²) in [6.07, 6.45) is 1.28. The number of urea groups is 1. The lowest BCUT2D eigenvalue weighted by atomic mass is 10.2. The fourth-order valence-corrected chi connectivity index (χ4v) is 2.13. The van der Waals surface area contributed by atoms with Crippen molar-refractivity contribution in [2.24, 2.45) is 5.10 Å². The first kappa shape index (κ1) is 18.7. The fourth-order valence-electron chi connectivity index (χ4n) is 2.13. The number of nitro groups is 1. The molecule has 0 aliphatic heterocycles. The van der Waals surface area contributed by atoms with Crippen LogP contribution in [0.15, 0.2) is 47.6 Å². The second kappa shape index (κ2) is 9.02. The average molecular weight is 358 g/mol. The Morgan fingerprint density at radius 1 is 1.31 bits per heavy atom. The number of anilines is 1. The van der Waals surface area contributed by atoms with Gasteiger partial charge in [0.25, 0.3) is 0 Å². The second-order valence-electron chi connectivity index (χ2n) is 4.95. The highest BCUT2D eigenvalue weighted by atomic mass is 16.6. The summed E-state index contributed by atoms with van der Waals surface area (Å²) in [4.78, 5) is 22.4. The molecule has 0 aromatic heterocycles. The predicted molar refractivity (Wildman–Crippen MR) is 97.0 cm³/mol. The smallest absolute Gasteiger partial charge is 0.339 e. The Balaban J connectivity index is 2.13. The summed E-state index contributed by atoms with van der Waals surface area (Å²) in [5.74, 6) is 0.253. The highest BCUT2D eigenvalue weighted by Gasteiger charge is 2.21. The van der Waals surface area contributed by atoms with E-state index in [1.807, 2.05) is 6.07 Å². The molecular weight excluding hydrogens is 340 g/mol. The number of rotatable bonds is 7. The number of carbonyl (C=O) groups is 1. The number of benzene rings is 2. The zero-order chi connectivity index (χ0) is 18.9. The SMILES string of the molecule is CCOc1cc(/C=N/NC(=O)Nc2ccccc2)cc([N+](=O)[O-])c1OC. The number of carbonyl (C=O) groups excluding carboxylic acids is 1. The third-order valence-electron chi connectivity index (χ3n) is 3.17. The fraction of sp³-hybridized carbons (Fsp3) is 0.176. The van der Waals surface area contributed by atoms with Crippen LogP contribution >= 0.6 is 0 Å². The summed E-state index contributed by atoms with van der Waals surface area (Å²) in [6, 6.07) is 11.1. The van der Waals surface area contributed by atoms with Gasteiger partial charge >= 0.3 is 11.7 Å². The maximum Gasteiger partial charge on any atom is 0.339 e. The first-order valence-corrected chi connectivity index (χ1v) is 7.69. The Hall–Kier alpha value is -3.62. The van der Waals surface area contributed by atoms with Gasteiger partial charge in [-0.3, -0.25) is 10.1 Å². The zero-order valence-corrected chi connectivity index (χ0v) is 14.3. The first-order chi connectivity index (χ1) is 12.5. The van der Waals surface area contributed by atoms with E-state index in [0.717, 1.165) is 0 Å². The molecule has 0 fully saturated rings. The molecule has 26 heavy (non-hydrogen) atoms. The minimum atomic E-state index is -0.575. The van der Waals surface area contributed by atoms with E-state index in [2.05, 4.69) is 15.8 Å². The molecule has 9 heteroatoms. The Kier molecular flexibility index (Phi) is 6.49. The van der Waals surface area contributed by atoms with Crippen molar-refractivity contribution < 1.29 is 19.2 Å². The number of hydrogen-bond donors (Lipinski definition) is 2. The summed E-state index contributed by atoms with van der Waals surface area (Å²) in [6.45, 7) is 2.06. The number of hydrogen-bond acceptors (Lipinski definition) is 6. The normalized spacial score (nSPS) is 10.4. The van der Waals surface area contributed by atoms with E-state index in [4.69, 9.17) is 9.47 Å². The third kappa shape index (κ3) is 4.94. The van der Waals surface area contributed by atoms with Crippen molar-refractivity contribution in [3.63, 3.8) is 0 Å². The van der Waals surface area contributed by atoms with Crippen molar-refractivity contribution in [1.82, 2.24) is 5.43 Å². The van der Waals surface area contributed by atoms with Crippen LogP contribution in [0.5, 0.6) is 11.5 Å². The molecule has 136 valence electrons. The molecule has 0 unspecified atom stereocenters. The van der Waals surface area contributed by atoms with Crippen molar-refractivity contribution in [2.45, 2.75) is 6.92 Å². The maximum absolute atomic E-state index is 11.8. The Bertz CT molecular complexity index is 808. The third-order valence-corrected chi connectivity index (χ3v) is 3.17. The number of amides is 2. The van der Waals surface area contributed by atoms with Crippen LogP contribution in [-0.4, -0.2) is 30.9 Å². The van der Waals surface area contributed by atoms with Gasteiger partial charge in [0, 0.05) is 17.3 Å². The number of ether oxygens (including phenoxy) is 2. The van der Waals surface area contributed by atoms with Crippen molar-refractivity contribution >= 4 is 23.6 Å². The van der Waals surface area contributed by atoms with E-state index in [1.165, 1.54) is 25.5 Å². The molecule has 0 spiro atoms. The highest BCUT2D eigenvalue weighted by Crippen LogP contribution is 2.37. The van der Waals surface area contributed by atoms with Crippen molar-refractivity contribution in [3.05, 3.63) is 58.1 Å². The van der Waals surface area contributed by atoms with Gasteiger partial charge in [0.05, 0.1) is 24.9 Å². The molecule has 0 aliphatic rings. The summed E-state index contributed by atoms with van der Waals surface area (Å²) in [5, 5.41) is 17.6. The summed E-state index contributed by atoms with van der Waals surface area (Å²) >= 11 is 0. The van der Waals surface area contributed by atoms with E-state index in [1.54, 1.807) is 31.2 Å². The monoisotopic (exact) mass is 358 g/mol. The lowest BCUT2D eigenvalue weighted by Gasteiger charge is -2.10. The molecule has 2 N–H and O–H groups in total. The van der Waals surface area contributed by atoms with Crippen LogP contribution in [-0.2, 0) is 0 Å². The molecular formula is C17H18N4O5. The number of hydrazone groups is 1. The van der Waals surface area contributed by atoms with Crippen LogP contribution < -0.4 is 20.2 Å². The zero-order valence-electron chi connectivity index (χ0n) is 14.3. The number of methoxy groups -OCH3 is 1. The summed E-state index contributed by atoms with van der Waals surface area (Å²) in [5.41, 5.74) is 3.02. The van der Waals surface area contributed by atoms with Gasteiger partial charge in [0.2, 0.25) is 5.75 Å². The molecule has 0 aliphatic carbocycles. The van der Waals surface area contributed by atoms with Gasteiger partial charge in [0.15, 0.2) is 5.75 Å². The first-order valence-electron chi connectivity index (χ1n) is 7.69. The molecule has 2 amide bonds.